The highest BCUT2D eigenvalue weighted by Crippen LogP contribution is 2.30. The van der Waals surface area contributed by atoms with Crippen LogP contribution in [-0.4, -0.2) is 19.9 Å². The zero-order chi connectivity index (χ0) is 18.2. The van der Waals surface area contributed by atoms with Gasteiger partial charge in [0.2, 0.25) is 0 Å². The molecule has 0 aliphatic rings. The Morgan fingerprint density at radius 2 is 2.04 bits per heavy atom. The molecule has 0 amide bonds. The fourth-order valence-corrected chi connectivity index (χ4v) is 2.14. The molecule has 0 saturated carbocycles. The van der Waals surface area contributed by atoms with Crippen LogP contribution >= 0.6 is 0 Å². The summed E-state index contributed by atoms with van der Waals surface area (Å²) in [4.78, 5) is 13.8. The van der Waals surface area contributed by atoms with Crippen LogP contribution in [-0.2, 0) is 12.7 Å². The first-order valence-electron chi connectivity index (χ1n) is 7.46. The molecule has 0 bridgehead atoms. The summed E-state index contributed by atoms with van der Waals surface area (Å²) in [6.07, 6.45) is -3.25. The van der Waals surface area contributed by atoms with Crippen LogP contribution in [0, 0.1) is 0 Å². The molecule has 126 valence electrons. The van der Waals surface area contributed by atoms with E-state index in [2.05, 4.69) is 19.9 Å². The minimum absolute atomic E-state index is 0.0204. The molecule has 3 heterocycles. The maximum Gasteiger partial charge on any atom is 0.431 e. The monoisotopic (exact) mass is 340 g/mol. The SMILES string of the molecule is [2H]N(Cc1cnc2[nH]c(C(F)(F)F)cc2c1)c1cc(C(C)F)ncn1. The van der Waals surface area contributed by atoms with Crippen molar-refractivity contribution in [2.75, 3.05) is 5.31 Å². The molecule has 0 aliphatic heterocycles. The van der Waals surface area contributed by atoms with Crippen molar-refractivity contribution in [3.63, 3.8) is 0 Å². The Morgan fingerprint density at radius 3 is 2.75 bits per heavy atom. The van der Waals surface area contributed by atoms with Gasteiger partial charge in [-0.15, -0.1) is 0 Å². The molecular weight excluding hydrogens is 326 g/mol. The Bertz CT molecular complexity index is 893. The van der Waals surface area contributed by atoms with Gasteiger partial charge in [0.1, 0.15) is 29.7 Å². The second kappa shape index (κ2) is 6.06. The lowest BCUT2D eigenvalue weighted by Gasteiger charge is -2.07. The maximum atomic E-state index is 13.3. The lowest BCUT2D eigenvalue weighted by atomic mass is 10.2. The van der Waals surface area contributed by atoms with Crippen LogP contribution in [0.5, 0.6) is 0 Å². The number of nitrogens with zero attached hydrogens (tertiary/aromatic N) is 3. The van der Waals surface area contributed by atoms with Crippen LogP contribution in [0.4, 0.5) is 23.4 Å². The van der Waals surface area contributed by atoms with Gasteiger partial charge >= 0.3 is 6.18 Å². The lowest BCUT2D eigenvalue weighted by molar-refractivity contribution is -0.140. The molecule has 1 unspecified atom stereocenters. The van der Waals surface area contributed by atoms with E-state index in [1.54, 1.807) is 0 Å². The predicted molar refractivity (Wildman–Crippen MR) is 80.0 cm³/mol. The highest BCUT2D eigenvalue weighted by molar-refractivity contribution is 5.77. The Morgan fingerprint density at radius 1 is 1.25 bits per heavy atom. The number of aromatic nitrogens is 4. The number of aromatic amines is 1. The maximum absolute atomic E-state index is 13.3. The predicted octanol–water partition coefficient (Wildman–Crippen LogP) is 4.01. The Labute approximate surface area is 135 Å². The molecule has 3 rings (SSSR count). The minimum atomic E-state index is -4.48. The van der Waals surface area contributed by atoms with Gasteiger partial charge in [0.15, 0.2) is 1.41 Å². The van der Waals surface area contributed by atoms with E-state index >= 15 is 0 Å². The number of fused-ring (bicyclic) bond motifs is 1. The van der Waals surface area contributed by atoms with E-state index in [1.807, 2.05) is 0 Å². The molecule has 24 heavy (non-hydrogen) atoms. The van der Waals surface area contributed by atoms with E-state index in [-0.39, 0.29) is 23.7 Å². The average Bonchev–Trinajstić information content (AvgIpc) is 2.98. The second-order valence-corrected chi connectivity index (χ2v) is 5.20. The number of anilines is 1. The van der Waals surface area contributed by atoms with Crippen molar-refractivity contribution in [1.82, 2.24) is 19.9 Å². The Balaban J connectivity index is 1.83. The van der Waals surface area contributed by atoms with Crippen LogP contribution in [0.25, 0.3) is 11.0 Å². The fourth-order valence-electron chi connectivity index (χ4n) is 2.14. The number of H-pyrrole nitrogens is 1. The third-order valence-electron chi connectivity index (χ3n) is 3.34. The first kappa shape index (κ1) is 14.9. The number of hydrogen-bond donors (Lipinski definition) is 2. The van der Waals surface area contributed by atoms with Crippen LogP contribution < -0.4 is 5.31 Å². The van der Waals surface area contributed by atoms with E-state index in [0.29, 0.717) is 10.9 Å². The van der Waals surface area contributed by atoms with Gasteiger partial charge in [0.05, 0.1) is 5.69 Å². The molecule has 0 spiro atoms. The summed E-state index contributed by atoms with van der Waals surface area (Å²) >= 11 is 0. The van der Waals surface area contributed by atoms with E-state index in [1.165, 1.54) is 25.3 Å². The van der Waals surface area contributed by atoms with Crippen molar-refractivity contribution in [2.45, 2.75) is 25.8 Å². The summed E-state index contributed by atoms with van der Waals surface area (Å²) in [5, 5.41) is 1.28. The van der Waals surface area contributed by atoms with Crippen LogP contribution in [0.3, 0.4) is 0 Å². The smallest absolute Gasteiger partial charge is 0.366 e. The average molecular weight is 340 g/mol. The number of hydrogen-bond acceptors (Lipinski definition) is 4. The summed E-state index contributed by atoms with van der Waals surface area (Å²) in [6.45, 7) is 1.34. The second-order valence-electron chi connectivity index (χ2n) is 5.20. The number of nitrogens with one attached hydrogen (secondary N) is 2. The third kappa shape index (κ3) is 3.44. The van der Waals surface area contributed by atoms with Crippen molar-refractivity contribution in [2.24, 2.45) is 0 Å². The van der Waals surface area contributed by atoms with Gasteiger partial charge in [-0.2, -0.15) is 13.2 Å². The summed E-state index contributed by atoms with van der Waals surface area (Å²) in [5.41, 5.74) is -0.101. The number of pyridine rings is 1. The van der Waals surface area contributed by atoms with Gasteiger partial charge in [-0.25, -0.2) is 19.3 Å². The van der Waals surface area contributed by atoms with E-state index in [4.69, 9.17) is 1.41 Å². The van der Waals surface area contributed by atoms with E-state index < -0.39 is 18.0 Å². The van der Waals surface area contributed by atoms with Crippen LogP contribution in [0.1, 0.15) is 30.0 Å². The molecule has 0 saturated heterocycles. The van der Waals surface area contributed by atoms with E-state index in [9.17, 15) is 17.6 Å². The quantitative estimate of drug-likeness (QED) is 0.704. The topological polar surface area (TPSA) is 66.5 Å². The van der Waals surface area contributed by atoms with Gasteiger partial charge in [-0.3, -0.25) is 0 Å². The zero-order valence-electron chi connectivity index (χ0n) is 13.5. The van der Waals surface area contributed by atoms with Crippen LogP contribution in [0.15, 0.2) is 30.7 Å². The Kier molecular flexibility index (Phi) is 3.75. The summed E-state index contributed by atoms with van der Waals surface area (Å²) in [6, 6.07) is 3.82. The van der Waals surface area contributed by atoms with Gasteiger partial charge in [-0.05, 0) is 24.6 Å². The first-order valence-corrected chi connectivity index (χ1v) is 7.01. The van der Waals surface area contributed by atoms with Gasteiger partial charge in [-0.1, -0.05) is 0 Å². The molecule has 2 N–H and O–H groups in total. The number of halogens is 4. The summed E-state index contributed by atoms with van der Waals surface area (Å²) < 4.78 is 59.5. The van der Waals surface area contributed by atoms with Crippen molar-refractivity contribution < 1.29 is 19.0 Å². The number of rotatable bonds is 4. The Hall–Kier alpha value is -2.71. The molecule has 3 aromatic rings. The van der Waals surface area contributed by atoms with E-state index in [0.717, 1.165) is 17.7 Å². The van der Waals surface area contributed by atoms with Gasteiger partial charge < -0.3 is 10.3 Å². The molecule has 1 atom stereocenters. The van der Waals surface area contributed by atoms with Crippen molar-refractivity contribution in [1.29, 1.82) is 0 Å². The third-order valence-corrected chi connectivity index (χ3v) is 3.34. The fraction of sp³-hybridized carbons (Fsp3) is 0.267. The van der Waals surface area contributed by atoms with Gasteiger partial charge in [0.25, 0.3) is 0 Å². The zero-order valence-corrected chi connectivity index (χ0v) is 12.5. The molecule has 5 nitrogen and oxygen atoms in total. The van der Waals surface area contributed by atoms with Crippen molar-refractivity contribution in [3.8, 4) is 0 Å². The highest BCUT2D eigenvalue weighted by atomic mass is 19.4. The molecular formula is C15H13F4N5. The normalized spacial score (nSPS) is 13.8. The van der Waals surface area contributed by atoms with Crippen molar-refractivity contribution in [3.05, 3.63) is 47.7 Å². The summed E-state index contributed by atoms with van der Waals surface area (Å²) in [7, 11) is 0. The molecule has 0 radical (unpaired) electrons. The highest BCUT2D eigenvalue weighted by Gasteiger charge is 2.32. The standard InChI is InChI=1S/C15H13F4N5/c1-8(16)11-4-13(23-7-22-11)20-5-9-2-10-3-12(15(17,18)19)24-14(10)21-6-9/h2-4,6-8H,5H2,1H3,(H,21,24)(H,20,22,23)/i/hD. The van der Waals surface area contributed by atoms with Gasteiger partial charge in [0, 0.05) is 24.2 Å². The summed E-state index contributed by atoms with van der Waals surface area (Å²) in [5.74, 6) is 0.180. The largest absolute Gasteiger partial charge is 0.431 e. The lowest BCUT2D eigenvalue weighted by Crippen LogP contribution is -2.04. The molecule has 0 aromatic carbocycles. The molecule has 0 fully saturated rings. The van der Waals surface area contributed by atoms with Crippen LogP contribution in [0.2, 0.25) is 1.41 Å². The molecule has 3 aromatic heterocycles. The number of alkyl halides is 4. The minimum Gasteiger partial charge on any atom is -0.366 e. The van der Waals surface area contributed by atoms with Crippen molar-refractivity contribution >= 4 is 16.9 Å². The first-order chi connectivity index (χ1) is 11.7. The molecule has 9 heteroatoms. The molecule has 0 aliphatic carbocycles.